The van der Waals surface area contributed by atoms with Crippen molar-refractivity contribution in [2.45, 2.75) is 37.1 Å². The molecule has 0 aliphatic rings. The van der Waals surface area contributed by atoms with Gasteiger partial charge in [0, 0.05) is 55.6 Å². The van der Waals surface area contributed by atoms with Crippen LogP contribution in [0, 0.1) is 0 Å². The van der Waals surface area contributed by atoms with Crippen molar-refractivity contribution in [2.75, 3.05) is 19.0 Å². The van der Waals surface area contributed by atoms with Crippen molar-refractivity contribution in [3.05, 3.63) is 66.1 Å². The lowest BCUT2D eigenvalue weighted by Crippen LogP contribution is -2.38. The molecular formula is C25H24F3N5O4S. The van der Waals surface area contributed by atoms with E-state index in [9.17, 15) is 26.4 Å². The van der Waals surface area contributed by atoms with Crippen LogP contribution in [-0.2, 0) is 27.4 Å². The van der Waals surface area contributed by atoms with E-state index in [1.165, 1.54) is 43.6 Å². The minimum Gasteiger partial charge on any atom is -0.443 e. The summed E-state index contributed by atoms with van der Waals surface area (Å²) in [6.45, 7) is 1.43. The minimum atomic E-state index is -4.45. The van der Waals surface area contributed by atoms with Gasteiger partial charge >= 0.3 is 6.18 Å². The number of ketones is 1. The maximum atomic E-state index is 12.9. The average molecular weight is 548 g/mol. The van der Waals surface area contributed by atoms with Gasteiger partial charge in [0.05, 0.1) is 17.3 Å². The van der Waals surface area contributed by atoms with E-state index in [1.54, 1.807) is 25.1 Å². The first-order valence-electron chi connectivity index (χ1n) is 11.4. The van der Waals surface area contributed by atoms with Gasteiger partial charge < -0.3 is 9.32 Å². The number of anilines is 1. The second kappa shape index (κ2) is 10.5. The van der Waals surface area contributed by atoms with Gasteiger partial charge in [-0.2, -0.15) is 17.9 Å². The zero-order valence-corrected chi connectivity index (χ0v) is 21.5. The number of pyridine rings is 1. The molecule has 0 fully saturated rings. The van der Waals surface area contributed by atoms with Gasteiger partial charge in [-0.3, -0.25) is 9.78 Å². The number of hydrogen-bond acceptors (Lipinski definition) is 8. The molecule has 0 saturated carbocycles. The highest BCUT2D eigenvalue weighted by molar-refractivity contribution is 7.89. The van der Waals surface area contributed by atoms with Crippen LogP contribution in [0.15, 0.2) is 64.4 Å². The van der Waals surface area contributed by atoms with Gasteiger partial charge in [-0.05, 0) is 37.6 Å². The Morgan fingerprint density at radius 3 is 2.45 bits per heavy atom. The number of hydrogen-bond donors (Lipinski definition) is 1. The molecule has 0 radical (unpaired) electrons. The summed E-state index contributed by atoms with van der Waals surface area (Å²) < 4.78 is 71.9. The van der Waals surface area contributed by atoms with E-state index >= 15 is 0 Å². The summed E-state index contributed by atoms with van der Waals surface area (Å²) in [7, 11) is -0.674. The summed E-state index contributed by atoms with van der Waals surface area (Å²) in [6, 6.07) is 8.01. The van der Waals surface area contributed by atoms with E-state index in [4.69, 9.17) is 4.42 Å². The monoisotopic (exact) mass is 547 g/mol. The lowest BCUT2D eigenvalue weighted by Gasteiger charge is -2.15. The molecule has 38 heavy (non-hydrogen) atoms. The first-order valence-corrected chi connectivity index (χ1v) is 12.9. The molecule has 3 heterocycles. The molecule has 0 spiro atoms. The maximum absolute atomic E-state index is 12.9. The number of aryl methyl sites for hydroxylation is 1. The third-order valence-electron chi connectivity index (χ3n) is 5.68. The van der Waals surface area contributed by atoms with Crippen LogP contribution in [-0.4, -0.2) is 49.3 Å². The highest BCUT2D eigenvalue weighted by atomic mass is 32.2. The molecule has 4 aromatic rings. The van der Waals surface area contributed by atoms with Crippen LogP contribution >= 0.6 is 0 Å². The minimum absolute atomic E-state index is 0.0376. The highest BCUT2D eigenvalue weighted by Gasteiger charge is 2.30. The van der Waals surface area contributed by atoms with Crippen LogP contribution in [0.25, 0.3) is 22.2 Å². The number of carbonyl (C=O) groups excluding carboxylic acids is 1. The zero-order valence-electron chi connectivity index (χ0n) is 20.7. The SMILES string of the molecule is C[C@H](NS(=O)(=O)c1cc2cnccc2o1)C(=O)CCc1cc(-c2ccc(C(F)(F)F)cc2)nc(N(C)C)n1. The standard InChI is InChI=1S/C25H24F3N5O4S/c1-15(32-38(35,36)23-12-17-14-29-11-10-22(17)37-23)21(34)9-8-19-13-20(31-24(30-19)33(2)3)16-4-6-18(7-5-16)25(26,27)28/h4-7,10-15,32H,8-9H2,1-3H3/t15-/m0/s1. The molecule has 13 heteroatoms. The van der Waals surface area contributed by atoms with Crippen molar-refractivity contribution < 1.29 is 30.8 Å². The van der Waals surface area contributed by atoms with E-state index in [0.29, 0.717) is 33.9 Å². The molecule has 1 aromatic carbocycles. The zero-order chi connectivity index (χ0) is 27.7. The number of Topliss-reactive ketones (excluding diaryl/α,β-unsaturated/α-hetero) is 1. The molecule has 0 bridgehead atoms. The van der Waals surface area contributed by atoms with Crippen LogP contribution in [0.4, 0.5) is 19.1 Å². The summed E-state index contributed by atoms with van der Waals surface area (Å²) in [4.78, 5) is 27.1. The third kappa shape index (κ3) is 6.17. The topological polar surface area (TPSA) is 118 Å². The number of nitrogens with one attached hydrogen (secondary N) is 1. The van der Waals surface area contributed by atoms with Gasteiger partial charge in [-0.25, -0.2) is 18.4 Å². The molecule has 0 aliphatic carbocycles. The molecule has 1 atom stereocenters. The van der Waals surface area contributed by atoms with Crippen LogP contribution in [0.1, 0.15) is 24.6 Å². The Labute approximate surface area is 216 Å². The van der Waals surface area contributed by atoms with Gasteiger partial charge in [-0.15, -0.1) is 0 Å². The molecule has 1 N–H and O–H groups in total. The predicted molar refractivity (Wildman–Crippen MR) is 134 cm³/mol. The van der Waals surface area contributed by atoms with Crippen LogP contribution in [0.3, 0.4) is 0 Å². The molecule has 4 rings (SSSR count). The van der Waals surface area contributed by atoms with Crippen LogP contribution in [0.2, 0.25) is 0 Å². The summed E-state index contributed by atoms with van der Waals surface area (Å²) in [5.41, 5.74) is 0.909. The van der Waals surface area contributed by atoms with Gasteiger partial charge in [0.2, 0.25) is 11.0 Å². The summed E-state index contributed by atoms with van der Waals surface area (Å²) in [6.07, 6.45) is -1.39. The number of carbonyl (C=O) groups is 1. The number of fused-ring (bicyclic) bond motifs is 1. The molecule has 9 nitrogen and oxygen atoms in total. The van der Waals surface area contributed by atoms with E-state index < -0.39 is 27.8 Å². The first-order chi connectivity index (χ1) is 17.8. The summed E-state index contributed by atoms with van der Waals surface area (Å²) >= 11 is 0. The largest absolute Gasteiger partial charge is 0.443 e. The van der Waals surface area contributed by atoms with Crippen molar-refractivity contribution in [3.8, 4) is 11.3 Å². The highest BCUT2D eigenvalue weighted by Crippen LogP contribution is 2.31. The number of sulfonamides is 1. The van der Waals surface area contributed by atoms with Gasteiger partial charge in [0.25, 0.3) is 10.0 Å². The fourth-order valence-electron chi connectivity index (χ4n) is 3.61. The fraction of sp³-hybridized carbons (Fsp3) is 0.280. The van der Waals surface area contributed by atoms with Crippen LogP contribution in [0.5, 0.6) is 0 Å². The maximum Gasteiger partial charge on any atom is 0.416 e. The number of nitrogens with zero attached hydrogens (tertiary/aromatic N) is 4. The second-order valence-electron chi connectivity index (χ2n) is 8.80. The molecular weight excluding hydrogens is 523 g/mol. The van der Waals surface area contributed by atoms with Gasteiger partial charge in [-0.1, -0.05) is 12.1 Å². The number of halogens is 3. The predicted octanol–water partition coefficient (Wildman–Crippen LogP) is 4.24. The Balaban J connectivity index is 1.47. The second-order valence-corrected chi connectivity index (χ2v) is 10.4. The first kappa shape index (κ1) is 27.2. The lowest BCUT2D eigenvalue weighted by atomic mass is 10.1. The van der Waals surface area contributed by atoms with E-state index in [-0.39, 0.29) is 23.7 Å². The number of rotatable bonds is 9. The van der Waals surface area contributed by atoms with Crippen LogP contribution < -0.4 is 9.62 Å². The van der Waals surface area contributed by atoms with E-state index in [1.807, 2.05) is 0 Å². The molecule has 200 valence electrons. The van der Waals surface area contributed by atoms with E-state index in [2.05, 4.69) is 19.7 Å². The average Bonchev–Trinajstić information content (AvgIpc) is 3.32. The normalized spacial score (nSPS) is 13.0. The smallest absolute Gasteiger partial charge is 0.416 e. The van der Waals surface area contributed by atoms with Crippen molar-refractivity contribution >= 4 is 32.7 Å². The Kier molecular flexibility index (Phi) is 7.51. The lowest BCUT2D eigenvalue weighted by molar-refractivity contribution is -0.137. The Morgan fingerprint density at radius 2 is 1.82 bits per heavy atom. The molecule has 0 amide bonds. The van der Waals surface area contributed by atoms with Crippen molar-refractivity contribution in [2.24, 2.45) is 0 Å². The van der Waals surface area contributed by atoms with Crippen molar-refractivity contribution in [3.63, 3.8) is 0 Å². The van der Waals surface area contributed by atoms with Gasteiger partial charge in [0.15, 0.2) is 5.78 Å². The summed E-state index contributed by atoms with van der Waals surface area (Å²) in [5.74, 6) is -0.0644. The summed E-state index contributed by atoms with van der Waals surface area (Å²) in [5, 5.41) is 0.184. The molecule has 3 aromatic heterocycles. The molecule has 0 aliphatic heterocycles. The van der Waals surface area contributed by atoms with Gasteiger partial charge in [0.1, 0.15) is 5.58 Å². The van der Waals surface area contributed by atoms with Crippen molar-refractivity contribution in [1.82, 2.24) is 19.7 Å². The van der Waals surface area contributed by atoms with Crippen molar-refractivity contribution in [1.29, 1.82) is 0 Å². The molecule has 0 unspecified atom stereocenters. The Hall–Kier alpha value is -3.84. The Bertz CT molecular complexity index is 1540. The molecule has 0 saturated heterocycles. The quantitative estimate of drug-likeness (QED) is 0.331. The Morgan fingerprint density at radius 1 is 1.11 bits per heavy atom. The fourth-order valence-corrected chi connectivity index (χ4v) is 4.80. The number of benzene rings is 1. The number of alkyl halides is 3. The third-order valence-corrected chi connectivity index (χ3v) is 7.07. The number of aromatic nitrogens is 3. The number of furan rings is 1. The van der Waals surface area contributed by atoms with E-state index in [0.717, 1.165) is 12.1 Å².